The van der Waals surface area contributed by atoms with Crippen LogP contribution in [-0.4, -0.2) is 17.8 Å². The molecule has 0 saturated carbocycles. The molecule has 0 radical (unpaired) electrons. The van der Waals surface area contributed by atoms with Gasteiger partial charge in [-0.05, 0) is 12.8 Å². The molecule has 0 rings (SSSR count). The van der Waals surface area contributed by atoms with Crippen LogP contribution in [0.3, 0.4) is 0 Å². The van der Waals surface area contributed by atoms with Crippen molar-refractivity contribution in [3.05, 3.63) is 22.7 Å². The van der Waals surface area contributed by atoms with Crippen LogP contribution in [0, 0.1) is 0 Å². The van der Waals surface area contributed by atoms with Crippen LogP contribution in [-0.2, 0) is 0 Å². The second kappa shape index (κ2) is 7.53. The predicted molar refractivity (Wildman–Crippen MR) is 56.1 cm³/mol. The summed E-state index contributed by atoms with van der Waals surface area (Å²) >= 11 is 3.38. The molecule has 1 unspecified atom stereocenters. The Morgan fingerprint density at radius 3 is 2.83 bits per heavy atom. The zero-order chi connectivity index (χ0) is 9.40. The van der Waals surface area contributed by atoms with Crippen LogP contribution >= 0.6 is 15.9 Å². The second-order valence-corrected chi connectivity index (χ2v) is 3.49. The summed E-state index contributed by atoms with van der Waals surface area (Å²) in [5.74, 6) is 0. The van der Waals surface area contributed by atoms with Gasteiger partial charge in [-0.2, -0.15) is 0 Å². The first-order valence-corrected chi connectivity index (χ1v) is 4.88. The van der Waals surface area contributed by atoms with Gasteiger partial charge in [0.15, 0.2) is 0 Å². The molecule has 0 heterocycles. The van der Waals surface area contributed by atoms with Gasteiger partial charge in [-0.3, -0.25) is 0 Å². The normalized spacial score (nSPS) is 15.5. The van der Waals surface area contributed by atoms with Crippen LogP contribution in [0.2, 0.25) is 0 Å². The van der Waals surface area contributed by atoms with E-state index < -0.39 is 0 Å². The van der Waals surface area contributed by atoms with E-state index in [0.717, 1.165) is 10.9 Å². The Labute approximate surface area is 82.3 Å². The van der Waals surface area contributed by atoms with E-state index in [0.29, 0.717) is 6.42 Å². The summed E-state index contributed by atoms with van der Waals surface area (Å²) in [7, 11) is 0. The molecule has 0 saturated heterocycles. The first-order valence-electron chi connectivity index (χ1n) is 4.09. The van der Waals surface area contributed by atoms with Gasteiger partial charge in [-0.25, -0.2) is 0 Å². The fourth-order valence-electron chi connectivity index (χ4n) is 0.693. The zero-order valence-electron chi connectivity index (χ0n) is 7.33. The largest absolute Gasteiger partial charge is 0.395 e. The summed E-state index contributed by atoms with van der Waals surface area (Å²) in [5.41, 5.74) is 5.50. The van der Waals surface area contributed by atoms with Gasteiger partial charge < -0.3 is 10.8 Å². The molecule has 0 aliphatic heterocycles. The van der Waals surface area contributed by atoms with Crippen molar-refractivity contribution in [1.29, 1.82) is 0 Å². The highest BCUT2D eigenvalue weighted by atomic mass is 79.9. The van der Waals surface area contributed by atoms with Crippen molar-refractivity contribution in [2.45, 2.75) is 25.8 Å². The summed E-state index contributed by atoms with van der Waals surface area (Å²) in [6.45, 7) is 2.12. The van der Waals surface area contributed by atoms with E-state index in [1.54, 1.807) is 0 Å². The van der Waals surface area contributed by atoms with Crippen LogP contribution in [0.15, 0.2) is 22.7 Å². The maximum Gasteiger partial charge on any atom is 0.0585 e. The van der Waals surface area contributed by atoms with E-state index in [1.165, 1.54) is 0 Å². The minimum Gasteiger partial charge on any atom is -0.395 e. The number of halogens is 1. The molecule has 0 bridgehead atoms. The van der Waals surface area contributed by atoms with E-state index in [-0.39, 0.29) is 12.6 Å². The van der Waals surface area contributed by atoms with Gasteiger partial charge in [0.2, 0.25) is 0 Å². The molecule has 0 aromatic carbocycles. The predicted octanol–water partition coefficient (Wildman–Crippen LogP) is 1.94. The van der Waals surface area contributed by atoms with Crippen LogP contribution in [0.4, 0.5) is 0 Å². The summed E-state index contributed by atoms with van der Waals surface area (Å²) < 4.78 is 1.06. The van der Waals surface area contributed by atoms with Crippen molar-refractivity contribution in [2.75, 3.05) is 6.61 Å². The lowest BCUT2D eigenvalue weighted by molar-refractivity contribution is 0.266. The number of aliphatic hydroxyl groups excluding tert-OH is 1. The van der Waals surface area contributed by atoms with Gasteiger partial charge in [0.1, 0.15) is 0 Å². The maximum absolute atomic E-state index is 8.62. The quantitative estimate of drug-likeness (QED) is 0.714. The summed E-state index contributed by atoms with van der Waals surface area (Å²) in [4.78, 5) is 0. The molecule has 12 heavy (non-hydrogen) atoms. The number of allylic oxidation sites excluding steroid dienone is 3. The lowest BCUT2D eigenvalue weighted by Crippen LogP contribution is -2.22. The number of nitrogens with two attached hydrogens (primary N) is 1. The average molecular weight is 234 g/mol. The van der Waals surface area contributed by atoms with E-state index in [9.17, 15) is 0 Å². The lowest BCUT2D eigenvalue weighted by Gasteiger charge is -2.01. The van der Waals surface area contributed by atoms with E-state index in [2.05, 4.69) is 28.9 Å². The third-order valence-electron chi connectivity index (χ3n) is 1.35. The van der Waals surface area contributed by atoms with E-state index in [1.807, 2.05) is 12.2 Å². The Hall–Kier alpha value is -0.120. The molecule has 0 spiro atoms. The second-order valence-electron chi connectivity index (χ2n) is 2.58. The first kappa shape index (κ1) is 11.9. The molecule has 3 heteroatoms. The van der Waals surface area contributed by atoms with Crippen LogP contribution in [0.25, 0.3) is 0 Å². The Morgan fingerprint density at radius 2 is 2.33 bits per heavy atom. The van der Waals surface area contributed by atoms with Crippen molar-refractivity contribution < 1.29 is 5.11 Å². The highest BCUT2D eigenvalue weighted by Crippen LogP contribution is 2.08. The molecule has 2 nitrogen and oxygen atoms in total. The van der Waals surface area contributed by atoms with E-state index >= 15 is 0 Å². The molecule has 0 aliphatic rings. The fraction of sp³-hybridized carbons (Fsp3) is 0.556. The van der Waals surface area contributed by atoms with Gasteiger partial charge in [-0.15, -0.1) is 0 Å². The topological polar surface area (TPSA) is 46.2 Å². The van der Waals surface area contributed by atoms with E-state index in [4.69, 9.17) is 10.8 Å². The fourth-order valence-corrected chi connectivity index (χ4v) is 1.20. The van der Waals surface area contributed by atoms with Gasteiger partial charge >= 0.3 is 0 Å². The SMILES string of the molecule is CCC=C(Br)C=CCC(N)CO. The minimum absolute atomic E-state index is 0.0411. The maximum atomic E-state index is 8.62. The van der Waals surface area contributed by atoms with Crippen molar-refractivity contribution in [1.82, 2.24) is 0 Å². The van der Waals surface area contributed by atoms with Crippen molar-refractivity contribution >= 4 is 15.9 Å². The number of hydrogen-bond donors (Lipinski definition) is 2. The number of aliphatic hydroxyl groups is 1. The highest BCUT2D eigenvalue weighted by Gasteiger charge is 1.94. The van der Waals surface area contributed by atoms with Crippen molar-refractivity contribution in [3.63, 3.8) is 0 Å². The Kier molecular flexibility index (Phi) is 7.45. The standard InChI is InChI=1S/C9H16BrNO/c1-2-4-8(10)5-3-6-9(11)7-12/h3-5,9,12H,2,6-7,11H2,1H3. The van der Waals surface area contributed by atoms with Crippen molar-refractivity contribution in [2.24, 2.45) is 5.73 Å². The highest BCUT2D eigenvalue weighted by molar-refractivity contribution is 9.11. The van der Waals surface area contributed by atoms with Crippen LogP contribution < -0.4 is 5.73 Å². The third-order valence-corrected chi connectivity index (χ3v) is 1.94. The molecule has 3 N–H and O–H groups in total. The molecule has 1 atom stereocenters. The summed E-state index contributed by atoms with van der Waals surface area (Å²) in [5, 5.41) is 8.62. The lowest BCUT2D eigenvalue weighted by atomic mass is 10.2. The molecular formula is C9H16BrNO. The Balaban J connectivity index is 3.68. The van der Waals surface area contributed by atoms with Crippen LogP contribution in [0.1, 0.15) is 19.8 Å². The van der Waals surface area contributed by atoms with Crippen LogP contribution in [0.5, 0.6) is 0 Å². The summed E-state index contributed by atoms with van der Waals surface area (Å²) in [6, 6.07) is -0.136. The molecule has 70 valence electrons. The molecule has 0 aromatic rings. The first-order chi connectivity index (χ1) is 5.70. The number of rotatable bonds is 5. The Morgan fingerprint density at radius 1 is 1.67 bits per heavy atom. The van der Waals surface area contributed by atoms with Gasteiger partial charge in [0.25, 0.3) is 0 Å². The minimum atomic E-state index is -0.136. The zero-order valence-corrected chi connectivity index (χ0v) is 8.92. The molecule has 0 aliphatic carbocycles. The van der Waals surface area contributed by atoms with Crippen molar-refractivity contribution in [3.8, 4) is 0 Å². The monoisotopic (exact) mass is 233 g/mol. The smallest absolute Gasteiger partial charge is 0.0585 e. The van der Waals surface area contributed by atoms with Gasteiger partial charge in [0, 0.05) is 10.5 Å². The third kappa shape index (κ3) is 6.58. The van der Waals surface area contributed by atoms with Gasteiger partial charge in [-0.1, -0.05) is 41.1 Å². The molecule has 0 amide bonds. The molecular weight excluding hydrogens is 218 g/mol. The molecule has 0 aromatic heterocycles. The summed E-state index contributed by atoms with van der Waals surface area (Å²) in [6.07, 6.45) is 7.71. The molecule has 0 fully saturated rings. The average Bonchev–Trinajstić information content (AvgIpc) is 2.04. The van der Waals surface area contributed by atoms with Gasteiger partial charge in [0.05, 0.1) is 6.61 Å². The Bertz CT molecular complexity index is 166. The number of hydrogen-bond acceptors (Lipinski definition) is 2.